The van der Waals surface area contributed by atoms with Crippen molar-refractivity contribution in [3.05, 3.63) is 139 Å². The van der Waals surface area contributed by atoms with Gasteiger partial charge in [-0.1, -0.05) is 74.6 Å². The minimum Gasteiger partial charge on any atom is -0.466 e. The molecule has 1 atom stereocenters. The van der Waals surface area contributed by atoms with E-state index in [0.717, 1.165) is 16.8 Å². The van der Waals surface area contributed by atoms with E-state index in [1.54, 1.807) is 34.4 Å². The number of allylic oxidation sites excluding steroid dienone is 1. The second-order valence-electron chi connectivity index (χ2n) is 11.7. The summed E-state index contributed by atoms with van der Waals surface area (Å²) in [6.07, 6.45) is 3.63. The van der Waals surface area contributed by atoms with Crippen molar-refractivity contribution in [2.45, 2.75) is 39.2 Å². The van der Waals surface area contributed by atoms with Gasteiger partial charge in [0, 0.05) is 17.3 Å². The lowest BCUT2D eigenvalue weighted by atomic mass is 9.85. The molecule has 9 heteroatoms. The molecule has 5 aromatic rings. The second-order valence-corrected chi connectivity index (χ2v) is 12.7. The summed E-state index contributed by atoms with van der Waals surface area (Å²) >= 11 is 1.24. The summed E-state index contributed by atoms with van der Waals surface area (Å²) in [6, 6.07) is 23.0. The van der Waals surface area contributed by atoms with Crippen LogP contribution in [0.3, 0.4) is 0 Å². The van der Waals surface area contributed by atoms with Gasteiger partial charge in [-0.3, -0.25) is 9.36 Å². The van der Waals surface area contributed by atoms with E-state index in [1.165, 1.54) is 30.6 Å². The number of thiazole rings is 1. The van der Waals surface area contributed by atoms with Crippen LogP contribution in [0.4, 0.5) is 4.39 Å². The van der Waals surface area contributed by atoms with Crippen molar-refractivity contribution in [2.75, 3.05) is 7.11 Å². The van der Waals surface area contributed by atoms with Gasteiger partial charge in [-0.05, 0) is 65.9 Å². The molecule has 1 aliphatic heterocycles. The Morgan fingerprint density at radius 1 is 1.00 bits per heavy atom. The average molecular weight is 607 g/mol. The molecule has 0 fully saturated rings. The van der Waals surface area contributed by atoms with Crippen LogP contribution < -0.4 is 14.9 Å². The van der Waals surface area contributed by atoms with Gasteiger partial charge in [0.15, 0.2) is 4.80 Å². The van der Waals surface area contributed by atoms with Crippen molar-refractivity contribution in [1.29, 1.82) is 0 Å². The molecule has 0 saturated carbocycles. The van der Waals surface area contributed by atoms with E-state index in [2.05, 4.69) is 25.8 Å². The molecule has 0 amide bonds. The highest BCUT2D eigenvalue weighted by atomic mass is 32.1. The van der Waals surface area contributed by atoms with E-state index in [9.17, 15) is 14.0 Å². The van der Waals surface area contributed by atoms with Gasteiger partial charge in [0.05, 0.1) is 34.6 Å². The minimum absolute atomic E-state index is 0.0592. The maximum atomic E-state index is 14.2. The first-order valence-corrected chi connectivity index (χ1v) is 15.0. The molecule has 44 heavy (non-hydrogen) atoms. The smallest absolute Gasteiger partial charge is 0.338 e. The molecule has 3 heterocycles. The Hall–Kier alpha value is -4.89. The predicted octanol–water partition coefficient (Wildman–Crippen LogP) is 5.70. The molecule has 222 valence electrons. The number of nitrogens with zero attached hydrogens (tertiary/aromatic N) is 4. The second kappa shape index (κ2) is 11.3. The Labute approximate surface area is 257 Å². The fourth-order valence-corrected chi connectivity index (χ4v) is 6.39. The summed E-state index contributed by atoms with van der Waals surface area (Å²) in [5.41, 5.74) is 5.22. The topological polar surface area (TPSA) is 78.5 Å². The first kappa shape index (κ1) is 29.2. The molecule has 0 N–H and O–H groups in total. The summed E-state index contributed by atoms with van der Waals surface area (Å²) < 4.78 is 22.7. The molecule has 6 rings (SSSR count). The van der Waals surface area contributed by atoms with Crippen LogP contribution in [0.1, 0.15) is 50.4 Å². The SMILES string of the molecule is COC(=O)C1=C(C)N=c2s/c(=C/c3cn(-c4ccccc4)nc3-c3ccc(F)cc3)c(=O)n2[C@H]1c1ccc(C(C)(C)C)cc1. The third-order valence-electron chi connectivity index (χ3n) is 7.69. The number of methoxy groups -OCH3 is 1. The molecule has 2 aromatic heterocycles. The fourth-order valence-electron chi connectivity index (χ4n) is 5.35. The van der Waals surface area contributed by atoms with E-state index in [4.69, 9.17) is 9.84 Å². The van der Waals surface area contributed by atoms with Gasteiger partial charge in [-0.15, -0.1) is 0 Å². The maximum Gasteiger partial charge on any atom is 0.338 e. The molecule has 0 unspecified atom stereocenters. The number of ether oxygens (including phenoxy) is 1. The monoisotopic (exact) mass is 606 g/mol. The Balaban J connectivity index is 1.55. The van der Waals surface area contributed by atoms with Crippen molar-refractivity contribution >= 4 is 23.4 Å². The third kappa shape index (κ3) is 5.35. The molecular weight excluding hydrogens is 575 g/mol. The summed E-state index contributed by atoms with van der Waals surface area (Å²) in [4.78, 5) is 32.4. The van der Waals surface area contributed by atoms with E-state index >= 15 is 0 Å². The standard InChI is InChI=1S/C35H31FN4O3S/c1-21-29(33(42)43-5)31(23-11-15-25(16-12-23)35(2,3)4)40-32(41)28(44-34(40)37-21)19-24-20-39(27-9-7-6-8-10-27)38-30(24)22-13-17-26(36)18-14-22/h6-20,31H,1-5H3/b28-19+/t31-/m0/s1. The molecule has 0 spiro atoms. The lowest BCUT2D eigenvalue weighted by Gasteiger charge is -2.25. The van der Waals surface area contributed by atoms with Crippen LogP contribution in [-0.4, -0.2) is 27.4 Å². The molecular formula is C35H31FN4O3S. The van der Waals surface area contributed by atoms with Crippen LogP contribution in [0.2, 0.25) is 0 Å². The summed E-state index contributed by atoms with van der Waals surface area (Å²) in [5.74, 6) is -0.883. The van der Waals surface area contributed by atoms with Crippen LogP contribution in [0.5, 0.6) is 0 Å². The molecule has 0 aliphatic carbocycles. The Morgan fingerprint density at radius 3 is 2.32 bits per heavy atom. The predicted molar refractivity (Wildman–Crippen MR) is 170 cm³/mol. The number of fused-ring (bicyclic) bond motifs is 1. The first-order chi connectivity index (χ1) is 21.0. The van der Waals surface area contributed by atoms with E-state index in [-0.39, 0.29) is 16.8 Å². The zero-order valence-corrected chi connectivity index (χ0v) is 25.9. The number of carbonyl (C=O) groups excluding carboxylic acids is 1. The Kier molecular flexibility index (Phi) is 7.51. The molecule has 7 nitrogen and oxygen atoms in total. The number of rotatable bonds is 5. The normalized spacial score (nSPS) is 15.2. The highest BCUT2D eigenvalue weighted by Crippen LogP contribution is 2.32. The zero-order valence-electron chi connectivity index (χ0n) is 25.0. The number of hydrogen-bond acceptors (Lipinski definition) is 6. The fraction of sp³-hybridized carbons (Fsp3) is 0.200. The molecule has 0 saturated heterocycles. The van der Waals surface area contributed by atoms with Crippen molar-refractivity contribution in [3.8, 4) is 16.9 Å². The Bertz CT molecular complexity index is 2080. The summed E-state index contributed by atoms with van der Waals surface area (Å²) in [7, 11) is 1.33. The van der Waals surface area contributed by atoms with Crippen molar-refractivity contribution in [3.63, 3.8) is 0 Å². The van der Waals surface area contributed by atoms with Crippen molar-refractivity contribution in [2.24, 2.45) is 4.99 Å². The number of aromatic nitrogens is 3. The lowest BCUT2D eigenvalue weighted by Crippen LogP contribution is -2.39. The van der Waals surface area contributed by atoms with Gasteiger partial charge in [-0.2, -0.15) is 5.10 Å². The minimum atomic E-state index is -0.710. The van der Waals surface area contributed by atoms with Crippen LogP contribution in [0, 0.1) is 5.82 Å². The number of benzene rings is 3. The van der Waals surface area contributed by atoms with Gasteiger partial charge in [0.2, 0.25) is 0 Å². The highest BCUT2D eigenvalue weighted by molar-refractivity contribution is 7.07. The van der Waals surface area contributed by atoms with Gasteiger partial charge in [0.1, 0.15) is 11.5 Å². The van der Waals surface area contributed by atoms with Crippen LogP contribution >= 0.6 is 11.3 Å². The van der Waals surface area contributed by atoms with E-state index < -0.39 is 12.0 Å². The van der Waals surface area contributed by atoms with Crippen LogP contribution in [0.15, 0.2) is 106 Å². The van der Waals surface area contributed by atoms with Gasteiger partial charge in [-0.25, -0.2) is 18.9 Å². The van der Waals surface area contributed by atoms with Crippen molar-refractivity contribution in [1.82, 2.24) is 14.3 Å². The largest absolute Gasteiger partial charge is 0.466 e. The molecule has 1 aliphatic rings. The number of hydrogen-bond donors (Lipinski definition) is 0. The zero-order chi connectivity index (χ0) is 31.2. The highest BCUT2D eigenvalue weighted by Gasteiger charge is 2.33. The van der Waals surface area contributed by atoms with E-state index in [0.29, 0.717) is 37.4 Å². The molecule has 3 aromatic carbocycles. The van der Waals surface area contributed by atoms with E-state index in [1.807, 2.05) is 60.8 Å². The number of esters is 1. The number of carbonyl (C=O) groups is 1. The van der Waals surface area contributed by atoms with Crippen LogP contribution in [0.25, 0.3) is 23.0 Å². The third-order valence-corrected chi connectivity index (χ3v) is 8.67. The average Bonchev–Trinajstić information content (AvgIpc) is 3.57. The quantitative estimate of drug-likeness (QED) is 0.241. The summed E-state index contributed by atoms with van der Waals surface area (Å²) in [5, 5.41) is 4.80. The lowest BCUT2D eigenvalue weighted by molar-refractivity contribution is -0.136. The van der Waals surface area contributed by atoms with Crippen LogP contribution in [-0.2, 0) is 14.9 Å². The van der Waals surface area contributed by atoms with Gasteiger partial charge in [0.25, 0.3) is 5.56 Å². The number of halogens is 1. The molecule has 0 bridgehead atoms. The van der Waals surface area contributed by atoms with Gasteiger partial charge < -0.3 is 4.74 Å². The van der Waals surface area contributed by atoms with Crippen molar-refractivity contribution < 1.29 is 13.9 Å². The molecule has 0 radical (unpaired) electrons. The Morgan fingerprint density at radius 2 is 1.68 bits per heavy atom. The van der Waals surface area contributed by atoms with Gasteiger partial charge >= 0.3 is 5.97 Å². The summed E-state index contributed by atoms with van der Waals surface area (Å²) in [6.45, 7) is 8.16. The number of para-hydroxylation sites is 1. The first-order valence-electron chi connectivity index (χ1n) is 14.2. The maximum absolute atomic E-state index is 14.2.